The van der Waals surface area contributed by atoms with E-state index < -0.39 is 0 Å². The number of carbonyl (C=O) groups is 2. The predicted molar refractivity (Wildman–Crippen MR) is 111 cm³/mol. The molecule has 27 heavy (non-hydrogen) atoms. The van der Waals surface area contributed by atoms with Gasteiger partial charge in [-0.25, -0.2) is 4.79 Å². The number of benzene rings is 1. The van der Waals surface area contributed by atoms with Crippen molar-refractivity contribution in [1.29, 1.82) is 0 Å². The fraction of sp³-hybridized carbons (Fsp3) is 0.400. The Balaban J connectivity index is 1.51. The van der Waals surface area contributed by atoms with E-state index in [4.69, 9.17) is 0 Å². The molecule has 3 amide bonds. The number of amides is 3. The fourth-order valence-electron chi connectivity index (χ4n) is 2.97. The van der Waals surface area contributed by atoms with Crippen LogP contribution in [0.2, 0.25) is 0 Å². The van der Waals surface area contributed by atoms with Gasteiger partial charge in [-0.15, -0.1) is 11.3 Å². The van der Waals surface area contributed by atoms with Crippen LogP contribution >= 0.6 is 11.3 Å². The molecule has 3 rings (SSSR count). The van der Waals surface area contributed by atoms with Crippen LogP contribution in [0.25, 0.3) is 0 Å². The van der Waals surface area contributed by atoms with Gasteiger partial charge in [0.25, 0.3) is 5.91 Å². The van der Waals surface area contributed by atoms with Gasteiger partial charge in [0.1, 0.15) is 0 Å². The van der Waals surface area contributed by atoms with Crippen molar-refractivity contribution in [3.8, 4) is 0 Å². The van der Waals surface area contributed by atoms with Crippen molar-refractivity contribution < 1.29 is 9.59 Å². The summed E-state index contributed by atoms with van der Waals surface area (Å²) in [4.78, 5) is 29.3. The molecule has 1 aromatic heterocycles. The maximum atomic E-state index is 12.4. The maximum Gasteiger partial charge on any atom is 0.319 e. The summed E-state index contributed by atoms with van der Waals surface area (Å²) in [6, 6.07) is 11.6. The van der Waals surface area contributed by atoms with Gasteiger partial charge in [0.2, 0.25) is 0 Å². The lowest BCUT2D eigenvalue weighted by molar-refractivity contribution is 0.0751. The lowest BCUT2D eigenvalue weighted by Gasteiger charge is -2.36. The molecule has 2 aromatic rings. The van der Waals surface area contributed by atoms with E-state index in [0.29, 0.717) is 13.1 Å². The molecule has 7 heteroatoms. The minimum absolute atomic E-state index is 0.122. The van der Waals surface area contributed by atoms with Gasteiger partial charge in [-0.1, -0.05) is 13.0 Å². The van der Waals surface area contributed by atoms with Crippen molar-refractivity contribution >= 4 is 34.6 Å². The molecular weight excluding hydrogens is 360 g/mol. The second-order valence-electron chi connectivity index (χ2n) is 6.71. The Kier molecular flexibility index (Phi) is 6.34. The molecule has 1 saturated heterocycles. The molecule has 144 valence electrons. The van der Waals surface area contributed by atoms with Crippen LogP contribution in [0.1, 0.15) is 29.9 Å². The van der Waals surface area contributed by atoms with Crippen LogP contribution in [0, 0.1) is 0 Å². The first-order valence-corrected chi connectivity index (χ1v) is 10.2. The fourth-order valence-corrected chi connectivity index (χ4v) is 3.66. The Bertz CT molecular complexity index is 753. The van der Waals surface area contributed by atoms with Gasteiger partial charge in [0.05, 0.1) is 4.88 Å². The Morgan fingerprint density at radius 1 is 1.11 bits per heavy atom. The number of piperazine rings is 1. The molecule has 2 N–H and O–H groups in total. The number of anilines is 2. The van der Waals surface area contributed by atoms with E-state index in [9.17, 15) is 9.59 Å². The molecular formula is C20H26N4O2S. The molecule has 0 radical (unpaired) electrons. The summed E-state index contributed by atoms with van der Waals surface area (Å²) in [5.74, 6) is 0.122. The van der Waals surface area contributed by atoms with Crippen LogP contribution in [0.4, 0.5) is 16.2 Å². The number of hydrogen-bond acceptors (Lipinski definition) is 4. The zero-order valence-corrected chi connectivity index (χ0v) is 16.6. The highest BCUT2D eigenvalue weighted by atomic mass is 32.1. The zero-order chi connectivity index (χ0) is 19.2. The summed E-state index contributed by atoms with van der Waals surface area (Å²) in [5.41, 5.74) is 1.87. The van der Waals surface area contributed by atoms with Crippen LogP contribution in [0.5, 0.6) is 0 Å². The Morgan fingerprint density at radius 3 is 2.41 bits per heavy atom. The van der Waals surface area contributed by atoms with Gasteiger partial charge in [-0.3, -0.25) is 4.79 Å². The second kappa shape index (κ2) is 8.90. The minimum Gasteiger partial charge on any atom is -0.368 e. The molecule has 6 nitrogen and oxygen atoms in total. The van der Waals surface area contributed by atoms with Crippen LogP contribution < -0.4 is 15.5 Å². The largest absolute Gasteiger partial charge is 0.368 e. The topological polar surface area (TPSA) is 64.7 Å². The van der Waals surface area contributed by atoms with Crippen molar-refractivity contribution in [2.24, 2.45) is 0 Å². The molecule has 1 fully saturated rings. The molecule has 0 aliphatic carbocycles. The van der Waals surface area contributed by atoms with Crippen molar-refractivity contribution in [1.82, 2.24) is 10.2 Å². The molecule has 1 aliphatic rings. The number of thiophene rings is 1. The molecule has 2 heterocycles. The molecule has 0 saturated carbocycles. The van der Waals surface area contributed by atoms with Gasteiger partial charge in [0, 0.05) is 43.6 Å². The number of nitrogens with one attached hydrogen (secondary N) is 2. The van der Waals surface area contributed by atoms with Crippen molar-refractivity contribution in [2.75, 3.05) is 36.4 Å². The molecule has 0 bridgehead atoms. The average molecular weight is 387 g/mol. The van der Waals surface area contributed by atoms with Crippen LogP contribution in [0.3, 0.4) is 0 Å². The van der Waals surface area contributed by atoms with E-state index in [1.807, 2.05) is 60.5 Å². The maximum absolute atomic E-state index is 12.4. The van der Waals surface area contributed by atoms with Crippen LogP contribution in [-0.2, 0) is 0 Å². The van der Waals surface area contributed by atoms with Gasteiger partial charge in [0.15, 0.2) is 0 Å². The third-order valence-corrected chi connectivity index (χ3v) is 5.64. The Hall–Kier alpha value is -2.54. The van der Waals surface area contributed by atoms with Crippen molar-refractivity contribution in [3.05, 3.63) is 46.7 Å². The van der Waals surface area contributed by atoms with Crippen LogP contribution in [-0.4, -0.2) is 49.1 Å². The molecule has 1 unspecified atom stereocenters. The summed E-state index contributed by atoms with van der Waals surface area (Å²) in [5, 5.41) is 7.67. The van der Waals surface area contributed by atoms with E-state index in [0.717, 1.165) is 35.8 Å². The highest BCUT2D eigenvalue weighted by Gasteiger charge is 2.22. The van der Waals surface area contributed by atoms with Gasteiger partial charge < -0.3 is 20.4 Å². The van der Waals surface area contributed by atoms with Gasteiger partial charge >= 0.3 is 6.03 Å². The summed E-state index contributed by atoms with van der Waals surface area (Å²) >= 11 is 1.49. The Morgan fingerprint density at radius 2 is 1.81 bits per heavy atom. The van der Waals surface area contributed by atoms with Crippen molar-refractivity contribution in [3.63, 3.8) is 0 Å². The number of rotatable bonds is 5. The second-order valence-corrected chi connectivity index (χ2v) is 7.66. The average Bonchev–Trinajstić information content (AvgIpc) is 3.23. The normalized spacial score (nSPS) is 15.3. The van der Waals surface area contributed by atoms with Gasteiger partial charge in [-0.2, -0.15) is 0 Å². The zero-order valence-electron chi connectivity index (χ0n) is 15.8. The third-order valence-electron chi connectivity index (χ3n) is 4.78. The number of carbonyl (C=O) groups excluding carboxylic acids is 2. The number of hydrogen-bond donors (Lipinski definition) is 2. The summed E-state index contributed by atoms with van der Waals surface area (Å²) < 4.78 is 0. The first-order valence-electron chi connectivity index (χ1n) is 9.32. The van der Waals surface area contributed by atoms with E-state index in [-0.39, 0.29) is 18.0 Å². The lowest BCUT2D eigenvalue weighted by Crippen LogP contribution is -2.48. The summed E-state index contributed by atoms with van der Waals surface area (Å²) in [6.45, 7) is 7.05. The molecule has 1 atom stereocenters. The van der Waals surface area contributed by atoms with Crippen LogP contribution in [0.15, 0.2) is 41.8 Å². The first-order chi connectivity index (χ1) is 13.1. The SMILES string of the molecule is CCC(C)NC(=O)Nc1ccc(N2CCN(C(=O)c3cccs3)CC2)cc1. The molecule has 1 aliphatic heterocycles. The molecule has 0 spiro atoms. The monoisotopic (exact) mass is 386 g/mol. The summed E-state index contributed by atoms with van der Waals surface area (Å²) in [6.07, 6.45) is 0.896. The van der Waals surface area contributed by atoms with E-state index >= 15 is 0 Å². The summed E-state index contributed by atoms with van der Waals surface area (Å²) in [7, 11) is 0. The lowest BCUT2D eigenvalue weighted by atomic mass is 10.2. The van der Waals surface area contributed by atoms with E-state index in [1.54, 1.807) is 0 Å². The smallest absolute Gasteiger partial charge is 0.319 e. The third kappa shape index (κ3) is 5.01. The Labute approximate surface area is 164 Å². The predicted octanol–water partition coefficient (Wildman–Crippen LogP) is 3.63. The highest BCUT2D eigenvalue weighted by molar-refractivity contribution is 7.12. The van der Waals surface area contributed by atoms with E-state index in [1.165, 1.54) is 11.3 Å². The van der Waals surface area contributed by atoms with Crippen molar-refractivity contribution in [2.45, 2.75) is 26.3 Å². The number of urea groups is 1. The highest BCUT2D eigenvalue weighted by Crippen LogP contribution is 2.21. The minimum atomic E-state index is -0.183. The number of nitrogens with zero attached hydrogens (tertiary/aromatic N) is 2. The first kappa shape index (κ1) is 19.2. The quantitative estimate of drug-likeness (QED) is 0.825. The van der Waals surface area contributed by atoms with Gasteiger partial charge in [-0.05, 0) is 49.1 Å². The standard InChI is InChI=1S/C20H26N4O2S/c1-3-15(2)21-20(26)22-16-6-8-17(9-7-16)23-10-12-24(13-11-23)19(25)18-5-4-14-27-18/h4-9,14-15H,3,10-13H2,1-2H3,(H2,21,22,26). The molecule has 1 aromatic carbocycles. The van der Waals surface area contributed by atoms with E-state index in [2.05, 4.69) is 15.5 Å².